The highest BCUT2D eigenvalue weighted by Gasteiger charge is 2.48. The van der Waals surface area contributed by atoms with Crippen LogP contribution in [0.3, 0.4) is 0 Å². The minimum atomic E-state index is -0.316. The Morgan fingerprint density at radius 1 is 1.26 bits per heavy atom. The minimum Gasteiger partial charge on any atom is -0.442 e. The highest BCUT2D eigenvalue weighted by Crippen LogP contribution is 2.39. The molecule has 2 N–H and O–H groups in total. The molecule has 0 bridgehead atoms. The fraction of sp³-hybridized carbons (Fsp3) is 0.440. The van der Waals surface area contributed by atoms with Gasteiger partial charge in [0.05, 0.1) is 59.5 Å². The van der Waals surface area contributed by atoms with Crippen LogP contribution in [0.4, 0.5) is 27.9 Å². The molecule has 3 saturated heterocycles. The molecule has 5 heterocycles. The molecule has 0 aliphatic carbocycles. The summed E-state index contributed by atoms with van der Waals surface area (Å²) in [5, 5.41) is 30.3. The molecule has 1 amide bonds. The first-order chi connectivity index (χ1) is 19.0. The number of nitrogens with one attached hydrogen (secondary N) is 2. The lowest BCUT2D eigenvalue weighted by Crippen LogP contribution is -2.52. The first-order valence-electron chi connectivity index (χ1n) is 12.7. The average molecular weight is 549 g/mol. The SMILES string of the molecule is CCNc1nc(Nc2cc(C#N)cc(N3CC[C@@H]4[C@@H](C3)OC(=O)N4[C@H]3CCOC3)c2Cl)nn2c(C#N)cnc12. The van der Waals surface area contributed by atoms with Gasteiger partial charge in [0.15, 0.2) is 17.2 Å². The normalized spacial score (nSPS) is 22.4. The van der Waals surface area contributed by atoms with E-state index in [-0.39, 0.29) is 35.9 Å². The number of aromatic nitrogens is 4. The van der Waals surface area contributed by atoms with Gasteiger partial charge in [-0.25, -0.2) is 9.78 Å². The number of benzene rings is 1. The van der Waals surface area contributed by atoms with Crippen LogP contribution in [0.5, 0.6) is 0 Å². The number of hydrogen-bond donors (Lipinski definition) is 2. The number of carbonyl (C=O) groups excluding carboxylic acids is 1. The maximum atomic E-state index is 12.7. The standard InChI is InChI=1S/C25H25ClN10O3/c1-2-29-22-23-30-11-16(10-28)36(23)33-24(32-22)31-17-7-14(9-27)8-19(21(17)26)34-5-3-18-20(12-34)39-25(37)35(18)15-4-6-38-13-15/h7-8,11,15,18,20H,2-6,12-13H2,1H3,(H2,29,31,32,33)/t15-,18+,20+/m0/s1. The second-order valence-electron chi connectivity index (χ2n) is 9.55. The second-order valence-corrected chi connectivity index (χ2v) is 9.93. The fourth-order valence-electron chi connectivity index (χ4n) is 5.46. The number of nitriles is 2. The summed E-state index contributed by atoms with van der Waals surface area (Å²) in [6, 6.07) is 7.62. The number of carbonyl (C=O) groups is 1. The van der Waals surface area contributed by atoms with E-state index >= 15 is 0 Å². The van der Waals surface area contributed by atoms with Crippen LogP contribution in [0, 0.1) is 22.7 Å². The van der Waals surface area contributed by atoms with Crippen LogP contribution in [0.15, 0.2) is 18.3 Å². The van der Waals surface area contributed by atoms with Crippen molar-refractivity contribution < 1.29 is 14.3 Å². The summed E-state index contributed by atoms with van der Waals surface area (Å²) in [4.78, 5) is 25.3. The number of hydrogen-bond acceptors (Lipinski definition) is 11. The Morgan fingerprint density at radius 3 is 2.87 bits per heavy atom. The Bertz CT molecular complexity index is 1520. The van der Waals surface area contributed by atoms with Gasteiger partial charge in [-0.15, -0.1) is 5.10 Å². The summed E-state index contributed by atoms with van der Waals surface area (Å²) in [5.74, 6) is 0.625. The molecule has 3 aliphatic rings. The Hall–Kier alpha value is -4.33. The maximum absolute atomic E-state index is 12.7. The van der Waals surface area contributed by atoms with Gasteiger partial charge in [-0.2, -0.15) is 20.0 Å². The Morgan fingerprint density at radius 2 is 2.13 bits per heavy atom. The minimum absolute atomic E-state index is 0.0231. The van der Waals surface area contributed by atoms with Crippen LogP contribution >= 0.6 is 11.6 Å². The van der Waals surface area contributed by atoms with Crippen LogP contribution in [0.1, 0.15) is 31.0 Å². The smallest absolute Gasteiger partial charge is 0.410 e. The molecule has 1 aromatic carbocycles. The van der Waals surface area contributed by atoms with Gasteiger partial charge < -0.3 is 25.0 Å². The number of halogens is 1. The van der Waals surface area contributed by atoms with E-state index in [0.29, 0.717) is 72.7 Å². The predicted octanol–water partition coefficient (Wildman–Crippen LogP) is 2.88. The van der Waals surface area contributed by atoms with E-state index < -0.39 is 0 Å². The lowest BCUT2D eigenvalue weighted by molar-refractivity contribution is 0.124. The zero-order chi connectivity index (χ0) is 27.1. The molecule has 13 nitrogen and oxygen atoms in total. The summed E-state index contributed by atoms with van der Waals surface area (Å²) in [5.41, 5.74) is 2.13. The molecule has 2 aromatic heterocycles. The monoisotopic (exact) mass is 548 g/mol. The van der Waals surface area contributed by atoms with Crippen LogP contribution in [0.2, 0.25) is 5.02 Å². The molecule has 200 valence electrons. The van der Waals surface area contributed by atoms with E-state index in [9.17, 15) is 15.3 Å². The number of imidazole rings is 1. The zero-order valence-corrected chi connectivity index (χ0v) is 21.9. The molecule has 3 aromatic rings. The highest BCUT2D eigenvalue weighted by atomic mass is 35.5. The number of ether oxygens (including phenoxy) is 2. The van der Waals surface area contributed by atoms with Gasteiger partial charge in [-0.1, -0.05) is 11.6 Å². The van der Waals surface area contributed by atoms with Gasteiger partial charge in [0, 0.05) is 19.7 Å². The number of anilines is 4. The molecule has 39 heavy (non-hydrogen) atoms. The van der Waals surface area contributed by atoms with Gasteiger partial charge in [0.2, 0.25) is 5.95 Å². The van der Waals surface area contributed by atoms with E-state index in [4.69, 9.17) is 21.1 Å². The summed E-state index contributed by atoms with van der Waals surface area (Å²) in [7, 11) is 0. The molecular formula is C25H25ClN10O3. The average Bonchev–Trinajstić information content (AvgIpc) is 3.67. The Labute approximate surface area is 228 Å². The van der Waals surface area contributed by atoms with Crippen LogP contribution < -0.4 is 15.5 Å². The van der Waals surface area contributed by atoms with Gasteiger partial charge in [0.1, 0.15) is 12.2 Å². The van der Waals surface area contributed by atoms with Gasteiger partial charge in [-0.05, 0) is 31.9 Å². The van der Waals surface area contributed by atoms with Crippen molar-refractivity contribution in [2.45, 2.75) is 38.0 Å². The molecule has 3 aliphatic heterocycles. The van der Waals surface area contributed by atoms with Crippen molar-refractivity contribution in [1.29, 1.82) is 10.5 Å². The molecule has 0 unspecified atom stereocenters. The van der Waals surface area contributed by atoms with E-state index in [1.54, 1.807) is 12.1 Å². The summed E-state index contributed by atoms with van der Waals surface area (Å²) >= 11 is 6.89. The zero-order valence-electron chi connectivity index (χ0n) is 21.1. The quantitative estimate of drug-likeness (QED) is 0.466. The number of fused-ring (bicyclic) bond motifs is 2. The molecule has 0 spiro atoms. The van der Waals surface area contributed by atoms with Crippen molar-refractivity contribution in [2.75, 3.05) is 48.4 Å². The van der Waals surface area contributed by atoms with Crippen molar-refractivity contribution in [3.05, 3.63) is 34.6 Å². The highest BCUT2D eigenvalue weighted by molar-refractivity contribution is 6.36. The van der Waals surface area contributed by atoms with E-state index in [2.05, 4.69) is 37.8 Å². The van der Waals surface area contributed by atoms with Crippen molar-refractivity contribution >= 4 is 46.5 Å². The lowest BCUT2D eigenvalue weighted by Gasteiger charge is -2.38. The van der Waals surface area contributed by atoms with Crippen LogP contribution in [-0.4, -0.2) is 81.6 Å². The largest absolute Gasteiger partial charge is 0.442 e. The summed E-state index contributed by atoms with van der Waals surface area (Å²) in [6.07, 6.45) is 2.32. The fourth-order valence-corrected chi connectivity index (χ4v) is 5.73. The topological polar surface area (TPSA) is 157 Å². The molecule has 0 saturated carbocycles. The second kappa shape index (κ2) is 10.1. The summed E-state index contributed by atoms with van der Waals surface area (Å²) < 4.78 is 12.7. The van der Waals surface area contributed by atoms with Crippen LogP contribution in [0.25, 0.3) is 5.65 Å². The number of piperidine rings is 1. The molecular weight excluding hydrogens is 524 g/mol. The third kappa shape index (κ3) is 4.39. The molecule has 6 rings (SSSR count). The first-order valence-corrected chi connectivity index (χ1v) is 13.1. The van der Waals surface area contributed by atoms with Crippen LogP contribution in [-0.2, 0) is 9.47 Å². The molecule has 3 atom stereocenters. The van der Waals surface area contributed by atoms with Crippen molar-refractivity contribution in [1.82, 2.24) is 24.5 Å². The number of amides is 1. The third-order valence-electron chi connectivity index (χ3n) is 7.23. The Balaban J connectivity index is 1.30. The number of nitrogens with zero attached hydrogens (tertiary/aromatic N) is 8. The summed E-state index contributed by atoms with van der Waals surface area (Å²) in [6.45, 7) is 4.76. The number of rotatable bonds is 6. The molecule has 0 radical (unpaired) electrons. The van der Waals surface area contributed by atoms with Gasteiger partial charge in [-0.3, -0.25) is 4.90 Å². The first kappa shape index (κ1) is 25.0. The van der Waals surface area contributed by atoms with Crippen molar-refractivity contribution in [2.24, 2.45) is 0 Å². The van der Waals surface area contributed by atoms with Gasteiger partial charge in [0.25, 0.3) is 0 Å². The molecule has 3 fully saturated rings. The van der Waals surface area contributed by atoms with Crippen molar-refractivity contribution in [3.8, 4) is 12.1 Å². The van der Waals surface area contributed by atoms with Gasteiger partial charge >= 0.3 is 6.09 Å². The van der Waals surface area contributed by atoms with E-state index in [0.717, 1.165) is 6.42 Å². The Kier molecular flexibility index (Phi) is 6.46. The predicted molar refractivity (Wildman–Crippen MR) is 141 cm³/mol. The third-order valence-corrected chi connectivity index (χ3v) is 7.63. The lowest BCUT2D eigenvalue weighted by atomic mass is 9.98. The molecule has 14 heteroatoms. The van der Waals surface area contributed by atoms with E-state index in [1.165, 1.54) is 10.7 Å². The maximum Gasteiger partial charge on any atom is 0.410 e. The van der Waals surface area contributed by atoms with Crippen molar-refractivity contribution in [3.63, 3.8) is 0 Å². The van der Waals surface area contributed by atoms with E-state index in [1.807, 2.05) is 16.7 Å².